The smallest absolute Gasteiger partial charge is 0.224 e. The average molecular weight is 313 g/mol. The molecule has 0 aromatic heterocycles. The Balaban J connectivity index is 1.79. The number of rotatable bonds is 7. The molecule has 2 aromatic carbocycles. The maximum Gasteiger partial charge on any atom is 0.224 e. The zero-order valence-corrected chi connectivity index (χ0v) is 13.8. The third-order valence-electron chi connectivity index (χ3n) is 3.51. The molecule has 4 nitrogen and oxygen atoms in total. The Bertz CT molecular complexity index is 637. The van der Waals surface area contributed by atoms with E-state index >= 15 is 0 Å². The lowest BCUT2D eigenvalue weighted by molar-refractivity contribution is -0.121. The van der Waals surface area contributed by atoms with E-state index < -0.39 is 0 Å². The van der Waals surface area contributed by atoms with Gasteiger partial charge in [0.05, 0.1) is 19.6 Å². The Labute approximate surface area is 137 Å². The van der Waals surface area contributed by atoms with Crippen molar-refractivity contribution in [1.82, 2.24) is 5.32 Å². The van der Waals surface area contributed by atoms with Crippen LogP contribution in [0.15, 0.2) is 48.5 Å². The molecule has 23 heavy (non-hydrogen) atoms. The molecule has 1 N–H and O–H groups in total. The minimum atomic E-state index is -0.0552. The van der Waals surface area contributed by atoms with E-state index in [4.69, 9.17) is 9.47 Å². The number of methoxy groups -OCH3 is 1. The quantitative estimate of drug-likeness (QED) is 0.854. The molecule has 0 unspecified atom stereocenters. The minimum Gasteiger partial charge on any atom is -0.497 e. The van der Waals surface area contributed by atoms with Crippen molar-refractivity contribution in [3.8, 4) is 11.5 Å². The van der Waals surface area contributed by atoms with Crippen molar-refractivity contribution >= 4 is 5.91 Å². The molecule has 0 heterocycles. The van der Waals surface area contributed by atoms with Crippen molar-refractivity contribution in [3.63, 3.8) is 0 Å². The Morgan fingerprint density at radius 1 is 1.13 bits per heavy atom. The first-order chi connectivity index (χ1) is 11.1. The molecule has 0 saturated heterocycles. The number of hydrogen-bond donors (Lipinski definition) is 1. The maximum atomic E-state index is 12.1. The highest BCUT2D eigenvalue weighted by Gasteiger charge is 2.09. The van der Waals surface area contributed by atoms with Crippen LogP contribution >= 0.6 is 0 Å². The molecule has 2 aromatic rings. The van der Waals surface area contributed by atoms with Gasteiger partial charge < -0.3 is 14.8 Å². The predicted molar refractivity (Wildman–Crippen MR) is 91.0 cm³/mol. The number of carbonyl (C=O) groups excluding carboxylic acids is 1. The van der Waals surface area contributed by atoms with Crippen LogP contribution < -0.4 is 14.8 Å². The Kier molecular flexibility index (Phi) is 6.03. The monoisotopic (exact) mass is 313 g/mol. The highest BCUT2D eigenvalue weighted by atomic mass is 16.5. The fourth-order valence-electron chi connectivity index (χ4n) is 2.23. The molecule has 4 heteroatoms. The van der Waals surface area contributed by atoms with E-state index in [0.29, 0.717) is 13.0 Å². The van der Waals surface area contributed by atoms with Gasteiger partial charge >= 0.3 is 0 Å². The summed E-state index contributed by atoms with van der Waals surface area (Å²) in [4.78, 5) is 12.1. The zero-order valence-electron chi connectivity index (χ0n) is 13.8. The molecule has 0 radical (unpaired) electrons. The molecule has 0 spiro atoms. The van der Waals surface area contributed by atoms with E-state index in [-0.39, 0.29) is 11.9 Å². The van der Waals surface area contributed by atoms with Crippen LogP contribution in [-0.4, -0.2) is 25.7 Å². The van der Waals surface area contributed by atoms with E-state index in [1.165, 1.54) is 0 Å². The first-order valence-electron chi connectivity index (χ1n) is 7.69. The summed E-state index contributed by atoms with van der Waals surface area (Å²) in [7, 11) is 1.62. The molecule has 0 bridgehead atoms. The summed E-state index contributed by atoms with van der Waals surface area (Å²) in [5.41, 5.74) is 2.04. The molecular weight excluding hydrogens is 290 g/mol. The molecule has 1 atom stereocenters. The third kappa shape index (κ3) is 5.33. The van der Waals surface area contributed by atoms with Gasteiger partial charge in [-0.1, -0.05) is 30.3 Å². The lowest BCUT2D eigenvalue weighted by atomic mass is 10.1. The van der Waals surface area contributed by atoms with E-state index in [1.54, 1.807) is 7.11 Å². The van der Waals surface area contributed by atoms with Gasteiger partial charge in [-0.25, -0.2) is 0 Å². The van der Waals surface area contributed by atoms with Crippen LogP contribution in [0.1, 0.15) is 18.1 Å². The van der Waals surface area contributed by atoms with Crippen molar-refractivity contribution in [2.45, 2.75) is 26.3 Å². The van der Waals surface area contributed by atoms with Crippen molar-refractivity contribution in [2.24, 2.45) is 0 Å². The second-order valence-electron chi connectivity index (χ2n) is 5.57. The molecule has 0 aliphatic rings. The molecule has 0 aliphatic carbocycles. The average Bonchev–Trinajstić information content (AvgIpc) is 2.54. The number of ether oxygens (including phenoxy) is 2. The highest BCUT2D eigenvalue weighted by molar-refractivity contribution is 5.78. The maximum absolute atomic E-state index is 12.1. The van der Waals surface area contributed by atoms with Gasteiger partial charge in [-0.3, -0.25) is 4.79 Å². The van der Waals surface area contributed by atoms with Gasteiger partial charge in [-0.05, 0) is 43.2 Å². The summed E-state index contributed by atoms with van der Waals surface area (Å²) in [6, 6.07) is 15.3. The lowest BCUT2D eigenvalue weighted by Gasteiger charge is -2.16. The number of amides is 1. The Morgan fingerprint density at radius 2 is 1.83 bits per heavy atom. The highest BCUT2D eigenvalue weighted by Crippen LogP contribution is 2.16. The van der Waals surface area contributed by atoms with Crippen LogP contribution in [0.3, 0.4) is 0 Å². The van der Waals surface area contributed by atoms with Crippen molar-refractivity contribution < 1.29 is 14.3 Å². The van der Waals surface area contributed by atoms with Crippen molar-refractivity contribution in [1.29, 1.82) is 0 Å². The largest absolute Gasteiger partial charge is 0.497 e. The summed E-state index contributed by atoms with van der Waals surface area (Å²) < 4.78 is 10.9. The minimum absolute atomic E-state index is 0.0175. The molecule has 0 aliphatic heterocycles. The summed E-state index contributed by atoms with van der Waals surface area (Å²) in [5, 5.41) is 2.95. The normalized spacial score (nSPS) is 11.6. The molecule has 1 amide bonds. The molecule has 0 fully saturated rings. The second-order valence-corrected chi connectivity index (χ2v) is 5.57. The predicted octanol–water partition coefficient (Wildman–Crippen LogP) is 3.13. The number of nitrogens with one attached hydrogen (secondary N) is 1. The molecule has 122 valence electrons. The molecule has 0 saturated carbocycles. The summed E-state index contributed by atoms with van der Waals surface area (Å²) >= 11 is 0. The first kappa shape index (κ1) is 16.9. The fourth-order valence-corrected chi connectivity index (χ4v) is 2.23. The Hall–Kier alpha value is -2.49. The van der Waals surface area contributed by atoms with Crippen LogP contribution in [0.25, 0.3) is 0 Å². The second kappa shape index (κ2) is 8.22. The van der Waals surface area contributed by atoms with Crippen molar-refractivity contribution in [2.75, 3.05) is 13.7 Å². The van der Waals surface area contributed by atoms with Gasteiger partial charge in [0, 0.05) is 0 Å². The van der Waals surface area contributed by atoms with Crippen LogP contribution in [0.5, 0.6) is 11.5 Å². The topological polar surface area (TPSA) is 47.6 Å². The van der Waals surface area contributed by atoms with Crippen LogP contribution in [-0.2, 0) is 11.2 Å². The van der Waals surface area contributed by atoms with Gasteiger partial charge in [-0.15, -0.1) is 0 Å². The number of benzene rings is 2. The Morgan fingerprint density at radius 3 is 2.48 bits per heavy atom. The number of carbonyl (C=O) groups is 1. The SMILES string of the molecule is COc1ccc(CC(=O)N[C@H](C)COc2ccccc2C)cc1. The number of para-hydroxylation sites is 1. The third-order valence-corrected chi connectivity index (χ3v) is 3.51. The zero-order chi connectivity index (χ0) is 16.7. The van der Waals surface area contributed by atoms with Crippen LogP contribution in [0.2, 0.25) is 0 Å². The summed E-state index contributed by atoms with van der Waals surface area (Å²) in [6.45, 7) is 4.38. The van der Waals surface area contributed by atoms with Gasteiger partial charge in [0.15, 0.2) is 0 Å². The molecular formula is C19H23NO3. The van der Waals surface area contributed by atoms with Gasteiger partial charge in [0.1, 0.15) is 18.1 Å². The molecule has 2 rings (SSSR count). The first-order valence-corrected chi connectivity index (χ1v) is 7.69. The van der Waals surface area contributed by atoms with Crippen LogP contribution in [0.4, 0.5) is 0 Å². The van der Waals surface area contributed by atoms with E-state index in [0.717, 1.165) is 22.6 Å². The lowest BCUT2D eigenvalue weighted by Crippen LogP contribution is -2.37. The standard InChI is InChI=1S/C19H23NO3/c1-14-6-4-5-7-18(14)23-13-15(2)20-19(21)12-16-8-10-17(22-3)11-9-16/h4-11,15H,12-13H2,1-3H3,(H,20,21)/t15-/m1/s1. The fraction of sp³-hybridized carbons (Fsp3) is 0.316. The van der Waals surface area contributed by atoms with E-state index in [2.05, 4.69) is 5.32 Å². The summed E-state index contributed by atoms with van der Waals surface area (Å²) in [5.74, 6) is 1.62. The van der Waals surface area contributed by atoms with E-state index in [1.807, 2.05) is 62.4 Å². The summed E-state index contributed by atoms with van der Waals surface area (Å²) in [6.07, 6.45) is 0.346. The number of hydrogen-bond acceptors (Lipinski definition) is 3. The number of aryl methyl sites for hydroxylation is 1. The van der Waals surface area contributed by atoms with E-state index in [9.17, 15) is 4.79 Å². The van der Waals surface area contributed by atoms with Crippen molar-refractivity contribution in [3.05, 3.63) is 59.7 Å². The van der Waals surface area contributed by atoms with Gasteiger partial charge in [0.2, 0.25) is 5.91 Å². The van der Waals surface area contributed by atoms with Gasteiger partial charge in [-0.2, -0.15) is 0 Å². The van der Waals surface area contributed by atoms with Gasteiger partial charge in [0.25, 0.3) is 0 Å². The van der Waals surface area contributed by atoms with Crippen LogP contribution in [0, 0.1) is 6.92 Å².